The molecule has 36 heavy (non-hydrogen) atoms. The van der Waals surface area contributed by atoms with E-state index in [1.54, 1.807) is 31.3 Å². The van der Waals surface area contributed by atoms with Crippen LogP contribution >= 0.6 is 11.6 Å². The number of nitrogens with zero attached hydrogens (tertiary/aromatic N) is 3. The quantitative estimate of drug-likeness (QED) is 0.449. The maximum absolute atomic E-state index is 14.0. The largest absolute Gasteiger partial charge is 0.497 e. The van der Waals surface area contributed by atoms with Crippen LogP contribution in [0, 0.1) is 6.92 Å². The number of aromatic nitrogens is 1. The standard InChI is InChI=1S/C29H34ClN3O3/c1-19-9-6-7-11-24(19)25-16-27(33-12-8-10-22(33)18-34)31-17-26(25)32(4)28(35)29(2,3)20-13-21(30)15-23(14-20)36-5/h6-7,9,11,13-17,22,34H,8,10,12,18H2,1-5H3/t22-/m0/s1. The van der Waals surface area contributed by atoms with Gasteiger partial charge < -0.3 is 19.6 Å². The normalized spacial score (nSPS) is 15.8. The number of amides is 1. The first-order valence-electron chi connectivity index (χ1n) is 12.2. The monoisotopic (exact) mass is 507 g/mol. The highest BCUT2D eigenvalue weighted by atomic mass is 35.5. The molecular weight excluding hydrogens is 474 g/mol. The highest BCUT2D eigenvalue weighted by Gasteiger charge is 2.35. The molecule has 1 aromatic heterocycles. The number of benzene rings is 2. The summed E-state index contributed by atoms with van der Waals surface area (Å²) in [5, 5.41) is 10.4. The van der Waals surface area contributed by atoms with Gasteiger partial charge in [0.15, 0.2) is 0 Å². The van der Waals surface area contributed by atoms with Crippen LogP contribution in [-0.2, 0) is 10.2 Å². The molecule has 1 aliphatic heterocycles. The Morgan fingerprint density at radius 2 is 1.97 bits per heavy atom. The van der Waals surface area contributed by atoms with Crippen LogP contribution in [0.2, 0.25) is 5.02 Å². The molecule has 1 amide bonds. The Hall–Kier alpha value is -3.09. The second kappa shape index (κ2) is 10.5. The van der Waals surface area contributed by atoms with Crippen molar-refractivity contribution in [2.24, 2.45) is 0 Å². The van der Waals surface area contributed by atoms with Gasteiger partial charge in [-0.3, -0.25) is 4.79 Å². The lowest BCUT2D eigenvalue weighted by atomic mass is 9.83. The lowest BCUT2D eigenvalue weighted by Gasteiger charge is -2.32. The molecule has 2 heterocycles. The van der Waals surface area contributed by atoms with Gasteiger partial charge in [0.25, 0.3) is 0 Å². The molecule has 1 atom stereocenters. The fourth-order valence-corrected chi connectivity index (χ4v) is 5.20. The van der Waals surface area contributed by atoms with Gasteiger partial charge in [-0.1, -0.05) is 35.9 Å². The van der Waals surface area contributed by atoms with Crippen LogP contribution in [0.25, 0.3) is 11.1 Å². The third-order valence-electron chi connectivity index (χ3n) is 7.22. The lowest BCUT2D eigenvalue weighted by Crippen LogP contribution is -2.42. The Morgan fingerprint density at radius 1 is 1.22 bits per heavy atom. The number of anilines is 2. The molecule has 190 valence electrons. The Labute approximate surface area is 218 Å². The number of rotatable bonds is 7. The second-order valence-corrected chi connectivity index (χ2v) is 10.4. The number of hydrogen-bond donors (Lipinski definition) is 1. The number of pyridine rings is 1. The van der Waals surface area contributed by atoms with Crippen LogP contribution in [0.4, 0.5) is 11.5 Å². The van der Waals surface area contributed by atoms with Crippen LogP contribution in [0.1, 0.15) is 37.8 Å². The van der Waals surface area contributed by atoms with Crippen molar-refractivity contribution in [1.29, 1.82) is 0 Å². The number of carbonyl (C=O) groups is 1. The zero-order chi connectivity index (χ0) is 26.0. The van der Waals surface area contributed by atoms with Gasteiger partial charge in [-0.2, -0.15) is 0 Å². The topological polar surface area (TPSA) is 65.9 Å². The zero-order valence-electron chi connectivity index (χ0n) is 21.6. The van der Waals surface area contributed by atoms with Crippen molar-refractivity contribution in [1.82, 2.24) is 4.98 Å². The molecule has 7 heteroatoms. The molecule has 4 rings (SSSR count). The summed E-state index contributed by atoms with van der Waals surface area (Å²) in [4.78, 5) is 22.6. The SMILES string of the molecule is COc1cc(Cl)cc(C(C)(C)C(=O)N(C)c2cnc(N3CCC[C@H]3CO)cc2-c2ccccc2C)c1. The highest BCUT2D eigenvalue weighted by molar-refractivity contribution is 6.30. The Bertz CT molecular complexity index is 1260. The minimum Gasteiger partial charge on any atom is -0.497 e. The smallest absolute Gasteiger partial charge is 0.236 e. The van der Waals surface area contributed by atoms with E-state index in [1.807, 2.05) is 44.2 Å². The first-order chi connectivity index (χ1) is 17.2. The van der Waals surface area contributed by atoms with Gasteiger partial charge >= 0.3 is 0 Å². The van der Waals surface area contributed by atoms with Gasteiger partial charge in [0.2, 0.25) is 5.91 Å². The maximum Gasteiger partial charge on any atom is 0.236 e. The maximum atomic E-state index is 14.0. The lowest BCUT2D eigenvalue weighted by molar-refractivity contribution is -0.122. The number of halogens is 1. The third kappa shape index (κ3) is 4.93. The van der Waals surface area contributed by atoms with Crippen molar-refractivity contribution in [3.05, 3.63) is 70.9 Å². The van der Waals surface area contributed by atoms with Crippen LogP contribution < -0.4 is 14.5 Å². The van der Waals surface area contributed by atoms with Crippen molar-refractivity contribution in [2.45, 2.75) is 45.1 Å². The first kappa shape index (κ1) is 26.0. The van der Waals surface area contributed by atoms with E-state index in [2.05, 4.69) is 24.0 Å². The zero-order valence-corrected chi connectivity index (χ0v) is 22.3. The summed E-state index contributed by atoms with van der Waals surface area (Å²) in [6.45, 7) is 6.79. The molecule has 1 N–H and O–H groups in total. The number of aryl methyl sites for hydroxylation is 1. The number of aliphatic hydroxyl groups excluding tert-OH is 1. The van der Waals surface area contributed by atoms with Crippen molar-refractivity contribution < 1.29 is 14.6 Å². The molecule has 6 nitrogen and oxygen atoms in total. The van der Waals surface area contributed by atoms with E-state index in [9.17, 15) is 9.90 Å². The number of hydrogen-bond acceptors (Lipinski definition) is 5. The molecule has 0 unspecified atom stereocenters. The summed E-state index contributed by atoms with van der Waals surface area (Å²) in [6, 6.07) is 15.6. The van der Waals surface area contributed by atoms with E-state index in [0.29, 0.717) is 10.8 Å². The molecule has 3 aromatic rings. The van der Waals surface area contributed by atoms with Crippen LogP contribution in [-0.4, -0.2) is 49.3 Å². The van der Waals surface area contributed by atoms with Gasteiger partial charge in [-0.15, -0.1) is 0 Å². The first-order valence-corrected chi connectivity index (χ1v) is 12.6. The Kier molecular flexibility index (Phi) is 7.57. The number of carbonyl (C=O) groups excluding carboxylic acids is 1. The summed E-state index contributed by atoms with van der Waals surface area (Å²) in [6.07, 6.45) is 3.73. The molecule has 1 fully saturated rings. The second-order valence-electron chi connectivity index (χ2n) is 9.92. The fourth-order valence-electron chi connectivity index (χ4n) is 4.97. The Morgan fingerprint density at radius 3 is 2.67 bits per heavy atom. The molecule has 0 spiro atoms. The summed E-state index contributed by atoms with van der Waals surface area (Å²) >= 11 is 6.32. The van der Waals surface area contributed by atoms with Crippen LogP contribution in [0.5, 0.6) is 5.75 Å². The minimum absolute atomic E-state index is 0.0594. The van der Waals surface area contributed by atoms with Gasteiger partial charge in [0.05, 0.1) is 37.1 Å². The summed E-state index contributed by atoms with van der Waals surface area (Å²) in [5.74, 6) is 1.33. The predicted molar refractivity (Wildman–Crippen MR) is 146 cm³/mol. The van der Waals surface area contributed by atoms with Crippen LogP contribution in [0.3, 0.4) is 0 Å². The number of likely N-dealkylation sites (N-methyl/N-ethyl adjacent to an activating group) is 1. The van der Waals surface area contributed by atoms with E-state index < -0.39 is 5.41 Å². The van der Waals surface area contributed by atoms with Gasteiger partial charge in [0.1, 0.15) is 11.6 Å². The Balaban J connectivity index is 1.78. The van der Waals surface area contributed by atoms with E-state index in [1.165, 1.54) is 0 Å². The van der Waals surface area contributed by atoms with Crippen molar-refractivity contribution in [3.8, 4) is 16.9 Å². The highest BCUT2D eigenvalue weighted by Crippen LogP contribution is 2.38. The predicted octanol–water partition coefficient (Wildman–Crippen LogP) is 5.62. The molecule has 0 saturated carbocycles. The number of methoxy groups -OCH3 is 1. The molecule has 2 aromatic carbocycles. The van der Waals surface area contributed by atoms with E-state index in [0.717, 1.165) is 53.1 Å². The van der Waals surface area contributed by atoms with E-state index in [4.69, 9.17) is 21.3 Å². The summed E-state index contributed by atoms with van der Waals surface area (Å²) in [7, 11) is 3.37. The van der Waals surface area contributed by atoms with Crippen LogP contribution in [0.15, 0.2) is 54.7 Å². The van der Waals surface area contributed by atoms with Gasteiger partial charge in [-0.05, 0) is 74.6 Å². The van der Waals surface area contributed by atoms with Crippen molar-refractivity contribution in [3.63, 3.8) is 0 Å². The fraction of sp³-hybridized carbons (Fsp3) is 0.379. The molecule has 1 saturated heterocycles. The van der Waals surface area contributed by atoms with Gasteiger partial charge in [-0.25, -0.2) is 4.98 Å². The molecule has 0 radical (unpaired) electrons. The summed E-state index contributed by atoms with van der Waals surface area (Å²) < 4.78 is 5.38. The molecular formula is C29H34ClN3O3. The minimum atomic E-state index is -0.870. The van der Waals surface area contributed by atoms with E-state index in [-0.39, 0.29) is 18.6 Å². The third-order valence-corrected chi connectivity index (χ3v) is 7.43. The van der Waals surface area contributed by atoms with Crippen molar-refractivity contribution in [2.75, 3.05) is 37.1 Å². The average molecular weight is 508 g/mol. The van der Waals surface area contributed by atoms with Gasteiger partial charge in [0, 0.05) is 24.2 Å². The van der Waals surface area contributed by atoms with E-state index >= 15 is 0 Å². The number of aliphatic hydroxyl groups is 1. The average Bonchev–Trinajstić information content (AvgIpc) is 3.36. The molecule has 0 bridgehead atoms. The number of ether oxygens (including phenoxy) is 1. The molecule has 0 aliphatic carbocycles. The van der Waals surface area contributed by atoms with Crippen molar-refractivity contribution >= 4 is 29.0 Å². The molecule has 1 aliphatic rings. The summed E-state index contributed by atoms with van der Waals surface area (Å²) in [5.41, 5.74) is 3.70.